The van der Waals surface area contributed by atoms with Crippen LogP contribution in [0.1, 0.15) is 0 Å². The molecule has 0 unspecified atom stereocenters. The van der Waals surface area contributed by atoms with Gasteiger partial charge in [0.15, 0.2) is 5.16 Å². The molecular weight excluding hydrogens is 406 g/mol. The number of benzene rings is 1. The first-order chi connectivity index (χ1) is 14.2. The van der Waals surface area contributed by atoms with Crippen molar-refractivity contribution in [3.05, 3.63) is 77.1 Å². The second-order valence-electron chi connectivity index (χ2n) is 6.11. The van der Waals surface area contributed by atoms with Crippen molar-refractivity contribution in [2.24, 2.45) is 0 Å². The lowest BCUT2D eigenvalue weighted by Crippen LogP contribution is -2.23. The van der Waals surface area contributed by atoms with Gasteiger partial charge in [0.1, 0.15) is 10.6 Å². The van der Waals surface area contributed by atoms with Crippen LogP contribution >= 0.6 is 23.1 Å². The molecule has 6 nitrogen and oxygen atoms in total. The summed E-state index contributed by atoms with van der Waals surface area (Å²) in [6.07, 6.45) is 3.21. The Balaban J connectivity index is 1.64. The summed E-state index contributed by atoms with van der Waals surface area (Å²) < 4.78 is 7.00. The molecule has 0 fully saturated rings. The van der Waals surface area contributed by atoms with Crippen molar-refractivity contribution in [1.82, 2.24) is 9.55 Å². The lowest BCUT2D eigenvalue weighted by Gasteiger charge is -2.10. The molecule has 3 aromatic heterocycles. The van der Waals surface area contributed by atoms with Crippen molar-refractivity contribution in [3.8, 4) is 11.3 Å². The highest BCUT2D eigenvalue weighted by molar-refractivity contribution is 7.99. The molecule has 0 saturated heterocycles. The van der Waals surface area contributed by atoms with Gasteiger partial charge in [-0.25, -0.2) is 4.98 Å². The Morgan fingerprint density at radius 3 is 2.83 bits per heavy atom. The van der Waals surface area contributed by atoms with Crippen molar-refractivity contribution < 1.29 is 9.21 Å². The highest BCUT2D eigenvalue weighted by Gasteiger charge is 2.18. The SMILES string of the molecule is C=CCn1c(SCC(=O)Nc2ccccc2)nc2scc(-c3ccco3)c2c1=O. The van der Waals surface area contributed by atoms with Crippen LogP contribution in [0.25, 0.3) is 21.5 Å². The fourth-order valence-corrected chi connectivity index (χ4v) is 4.64. The normalized spacial score (nSPS) is 10.9. The number of para-hydroxylation sites is 1. The fraction of sp³-hybridized carbons (Fsp3) is 0.0952. The second kappa shape index (κ2) is 8.50. The highest BCUT2D eigenvalue weighted by atomic mass is 32.2. The van der Waals surface area contributed by atoms with Gasteiger partial charge in [-0.05, 0) is 24.3 Å². The van der Waals surface area contributed by atoms with Crippen LogP contribution in [0, 0.1) is 0 Å². The molecule has 29 heavy (non-hydrogen) atoms. The summed E-state index contributed by atoms with van der Waals surface area (Å²) in [5.74, 6) is 0.603. The number of thioether (sulfide) groups is 1. The number of carbonyl (C=O) groups is 1. The monoisotopic (exact) mass is 423 g/mol. The Morgan fingerprint density at radius 2 is 2.10 bits per heavy atom. The Labute approximate surface area is 174 Å². The molecule has 4 rings (SSSR count). The summed E-state index contributed by atoms with van der Waals surface area (Å²) in [7, 11) is 0. The zero-order valence-corrected chi connectivity index (χ0v) is 17.0. The number of allylic oxidation sites excluding steroid dienone is 1. The van der Waals surface area contributed by atoms with Gasteiger partial charge in [-0.3, -0.25) is 14.2 Å². The number of fused-ring (bicyclic) bond motifs is 1. The summed E-state index contributed by atoms with van der Waals surface area (Å²) in [5, 5.41) is 5.70. The molecule has 0 bridgehead atoms. The minimum atomic E-state index is -0.173. The molecule has 1 aromatic carbocycles. The standard InChI is InChI=1S/C21H17N3O3S2/c1-2-10-24-20(26)18-15(16-9-6-11-27-16)12-28-19(18)23-21(24)29-13-17(25)22-14-7-4-3-5-8-14/h2-9,11-12H,1,10,13H2,(H,22,25). The number of rotatable bonds is 7. The van der Waals surface area contributed by atoms with Gasteiger partial charge in [0, 0.05) is 23.2 Å². The lowest BCUT2D eigenvalue weighted by atomic mass is 10.2. The van der Waals surface area contributed by atoms with Gasteiger partial charge >= 0.3 is 0 Å². The number of hydrogen-bond donors (Lipinski definition) is 1. The van der Waals surface area contributed by atoms with Crippen molar-refractivity contribution in [3.63, 3.8) is 0 Å². The molecule has 146 valence electrons. The Hall–Kier alpha value is -3.10. The van der Waals surface area contributed by atoms with Gasteiger partial charge in [-0.15, -0.1) is 17.9 Å². The highest BCUT2D eigenvalue weighted by Crippen LogP contribution is 2.32. The summed E-state index contributed by atoms with van der Waals surface area (Å²) >= 11 is 2.61. The van der Waals surface area contributed by atoms with E-state index >= 15 is 0 Å². The van der Waals surface area contributed by atoms with Crippen LogP contribution in [0.4, 0.5) is 5.69 Å². The maximum atomic E-state index is 13.2. The minimum absolute atomic E-state index is 0.139. The third kappa shape index (κ3) is 4.03. The molecule has 3 heterocycles. The zero-order chi connectivity index (χ0) is 20.2. The summed E-state index contributed by atoms with van der Waals surface area (Å²) in [6.45, 7) is 4.04. The molecular formula is C21H17N3O3S2. The number of amides is 1. The Morgan fingerprint density at radius 1 is 1.28 bits per heavy atom. The topological polar surface area (TPSA) is 77.1 Å². The van der Waals surface area contributed by atoms with E-state index in [1.807, 2.05) is 41.8 Å². The van der Waals surface area contributed by atoms with Crippen LogP contribution in [0.5, 0.6) is 0 Å². The largest absolute Gasteiger partial charge is 0.464 e. The first-order valence-electron chi connectivity index (χ1n) is 8.82. The van der Waals surface area contributed by atoms with Crippen LogP contribution in [0.15, 0.2) is 81.1 Å². The van der Waals surface area contributed by atoms with Crippen LogP contribution in [0.2, 0.25) is 0 Å². The number of carbonyl (C=O) groups excluding carboxylic acids is 1. The number of nitrogens with zero attached hydrogens (tertiary/aromatic N) is 2. The van der Waals surface area contributed by atoms with Gasteiger partial charge < -0.3 is 9.73 Å². The van der Waals surface area contributed by atoms with Crippen molar-refractivity contribution in [2.75, 3.05) is 11.1 Å². The van der Waals surface area contributed by atoms with E-state index in [0.717, 1.165) is 11.3 Å². The molecule has 0 saturated carbocycles. The van der Waals surface area contributed by atoms with E-state index in [4.69, 9.17) is 4.42 Å². The molecule has 0 aliphatic rings. The number of aromatic nitrogens is 2. The molecule has 0 aliphatic carbocycles. The molecule has 1 amide bonds. The van der Waals surface area contributed by atoms with E-state index in [2.05, 4.69) is 16.9 Å². The summed E-state index contributed by atoms with van der Waals surface area (Å²) in [6, 6.07) is 12.8. The number of nitrogens with one attached hydrogen (secondary N) is 1. The predicted molar refractivity (Wildman–Crippen MR) is 118 cm³/mol. The van der Waals surface area contributed by atoms with E-state index in [1.165, 1.54) is 27.7 Å². The maximum absolute atomic E-state index is 13.2. The van der Waals surface area contributed by atoms with Gasteiger partial charge in [0.25, 0.3) is 5.56 Å². The first-order valence-corrected chi connectivity index (χ1v) is 10.7. The van der Waals surface area contributed by atoms with E-state index in [1.54, 1.807) is 18.4 Å². The minimum Gasteiger partial charge on any atom is -0.464 e. The molecule has 8 heteroatoms. The van der Waals surface area contributed by atoms with Gasteiger partial charge in [-0.2, -0.15) is 0 Å². The van der Waals surface area contributed by atoms with Gasteiger partial charge in [0.05, 0.1) is 17.4 Å². The average molecular weight is 424 g/mol. The zero-order valence-electron chi connectivity index (χ0n) is 15.3. The lowest BCUT2D eigenvalue weighted by molar-refractivity contribution is -0.113. The third-order valence-electron chi connectivity index (χ3n) is 4.15. The second-order valence-corrected chi connectivity index (χ2v) is 7.91. The quantitative estimate of drug-likeness (QED) is 0.266. The average Bonchev–Trinajstić information content (AvgIpc) is 3.39. The first kappa shape index (κ1) is 19.2. The molecule has 0 radical (unpaired) electrons. The molecule has 4 aromatic rings. The summed E-state index contributed by atoms with van der Waals surface area (Å²) in [4.78, 5) is 30.7. The van der Waals surface area contributed by atoms with Crippen LogP contribution in [0.3, 0.4) is 0 Å². The third-order valence-corrected chi connectivity index (χ3v) is 6.00. The van der Waals surface area contributed by atoms with Crippen molar-refractivity contribution in [2.45, 2.75) is 11.7 Å². The van der Waals surface area contributed by atoms with Gasteiger partial charge in [-0.1, -0.05) is 36.0 Å². The smallest absolute Gasteiger partial charge is 0.263 e. The van der Waals surface area contributed by atoms with E-state index in [-0.39, 0.29) is 17.2 Å². The fourth-order valence-electron chi connectivity index (χ4n) is 2.87. The van der Waals surface area contributed by atoms with Crippen LogP contribution in [-0.2, 0) is 11.3 Å². The molecule has 0 aliphatic heterocycles. The van der Waals surface area contributed by atoms with E-state index < -0.39 is 0 Å². The van der Waals surface area contributed by atoms with E-state index in [9.17, 15) is 9.59 Å². The molecule has 1 N–H and O–H groups in total. The number of furan rings is 1. The molecule has 0 spiro atoms. The van der Waals surface area contributed by atoms with Crippen LogP contribution in [-0.4, -0.2) is 21.2 Å². The molecule has 0 atom stereocenters. The van der Waals surface area contributed by atoms with Gasteiger partial charge in [0.2, 0.25) is 5.91 Å². The Bertz CT molecular complexity index is 1210. The van der Waals surface area contributed by atoms with Crippen molar-refractivity contribution >= 4 is 44.9 Å². The number of hydrogen-bond acceptors (Lipinski definition) is 6. The maximum Gasteiger partial charge on any atom is 0.263 e. The van der Waals surface area contributed by atoms with E-state index in [0.29, 0.717) is 27.7 Å². The van der Waals surface area contributed by atoms with Crippen molar-refractivity contribution in [1.29, 1.82) is 0 Å². The summed E-state index contributed by atoms with van der Waals surface area (Å²) in [5.41, 5.74) is 1.28. The number of anilines is 1. The Kier molecular flexibility index (Phi) is 5.64. The number of thiophene rings is 1. The van der Waals surface area contributed by atoms with Crippen LogP contribution < -0.4 is 10.9 Å². The predicted octanol–water partition coefficient (Wildman–Crippen LogP) is 4.63.